The summed E-state index contributed by atoms with van der Waals surface area (Å²) in [5, 5.41) is 4.03. The van der Waals surface area contributed by atoms with Crippen LogP contribution < -0.4 is 10.1 Å². The highest BCUT2D eigenvalue weighted by molar-refractivity contribution is 6.31. The van der Waals surface area contributed by atoms with Crippen LogP contribution in [0.3, 0.4) is 0 Å². The zero-order valence-corrected chi connectivity index (χ0v) is 13.3. The summed E-state index contributed by atoms with van der Waals surface area (Å²) in [7, 11) is 1.69. The highest BCUT2D eigenvalue weighted by Crippen LogP contribution is 2.27. The van der Waals surface area contributed by atoms with Gasteiger partial charge >= 0.3 is 0 Å². The summed E-state index contributed by atoms with van der Waals surface area (Å²) in [5.74, 6) is 0.835. The summed E-state index contributed by atoms with van der Waals surface area (Å²) in [5.41, 5.74) is 0.992. The summed E-state index contributed by atoms with van der Waals surface area (Å²) in [6.45, 7) is 3.56. The maximum Gasteiger partial charge on any atom is 0.125 e. The van der Waals surface area contributed by atoms with Crippen LogP contribution in [0.5, 0.6) is 5.75 Å². The highest BCUT2D eigenvalue weighted by Gasteiger charge is 2.16. The Bertz CT molecular complexity index is 422. The van der Waals surface area contributed by atoms with Crippen LogP contribution in [0.15, 0.2) is 18.2 Å². The molecule has 1 aliphatic rings. The molecule has 1 saturated heterocycles. The number of rotatable bonds is 8. The van der Waals surface area contributed by atoms with Crippen LogP contribution in [0.2, 0.25) is 5.02 Å². The molecule has 1 heterocycles. The van der Waals surface area contributed by atoms with E-state index in [4.69, 9.17) is 25.8 Å². The fraction of sp³-hybridized carbons (Fsp3) is 0.625. The van der Waals surface area contributed by atoms with E-state index in [1.54, 1.807) is 7.11 Å². The van der Waals surface area contributed by atoms with Crippen LogP contribution in [0.25, 0.3) is 0 Å². The number of hydrogen-bond donors (Lipinski definition) is 1. The van der Waals surface area contributed by atoms with Gasteiger partial charge in [0.1, 0.15) is 12.4 Å². The van der Waals surface area contributed by atoms with Crippen LogP contribution in [-0.2, 0) is 16.0 Å². The fourth-order valence-electron chi connectivity index (χ4n) is 2.35. The molecule has 2 rings (SSSR count). The van der Waals surface area contributed by atoms with Crippen molar-refractivity contribution >= 4 is 11.6 Å². The predicted octanol–water partition coefficient (Wildman–Crippen LogP) is 3.02. The van der Waals surface area contributed by atoms with Gasteiger partial charge in [0.2, 0.25) is 0 Å². The maximum atomic E-state index is 6.28. The van der Waals surface area contributed by atoms with Crippen molar-refractivity contribution in [1.29, 1.82) is 0 Å². The molecule has 1 aromatic carbocycles. The molecule has 0 saturated carbocycles. The number of methoxy groups -OCH3 is 1. The lowest BCUT2D eigenvalue weighted by molar-refractivity contribution is -0.0112. The summed E-state index contributed by atoms with van der Waals surface area (Å²) in [6, 6.07) is 5.76. The lowest BCUT2D eigenvalue weighted by atomic mass is 10.1. The van der Waals surface area contributed by atoms with Gasteiger partial charge in [-0.2, -0.15) is 0 Å². The molecule has 1 aliphatic heterocycles. The first kappa shape index (κ1) is 16.6. The minimum atomic E-state index is 0.201. The Hall–Kier alpha value is -0.810. The zero-order valence-electron chi connectivity index (χ0n) is 12.6. The zero-order chi connectivity index (χ0) is 14.9. The third kappa shape index (κ3) is 5.47. The Morgan fingerprint density at radius 1 is 1.38 bits per heavy atom. The third-order valence-corrected chi connectivity index (χ3v) is 3.91. The predicted molar refractivity (Wildman–Crippen MR) is 84.1 cm³/mol. The van der Waals surface area contributed by atoms with Gasteiger partial charge < -0.3 is 19.5 Å². The number of hydrogen-bond acceptors (Lipinski definition) is 4. The van der Waals surface area contributed by atoms with E-state index in [9.17, 15) is 0 Å². The van der Waals surface area contributed by atoms with E-state index < -0.39 is 0 Å². The first-order valence-corrected chi connectivity index (χ1v) is 7.90. The number of nitrogens with one attached hydrogen (secondary N) is 1. The van der Waals surface area contributed by atoms with Gasteiger partial charge in [0.15, 0.2) is 0 Å². The van der Waals surface area contributed by atoms with E-state index >= 15 is 0 Å². The van der Waals surface area contributed by atoms with E-state index in [1.165, 1.54) is 6.42 Å². The van der Waals surface area contributed by atoms with E-state index in [0.717, 1.165) is 42.3 Å². The minimum Gasteiger partial charge on any atom is -0.490 e. The van der Waals surface area contributed by atoms with Crippen LogP contribution >= 0.6 is 11.6 Å². The highest BCUT2D eigenvalue weighted by atomic mass is 35.5. The molecule has 0 radical (unpaired) electrons. The molecule has 118 valence electrons. The largest absolute Gasteiger partial charge is 0.490 e. The second-order valence-electron chi connectivity index (χ2n) is 5.19. The number of benzene rings is 1. The average molecular weight is 314 g/mol. The van der Waals surface area contributed by atoms with E-state index in [0.29, 0.717) is 19.8 Å². The Kier molecular flexibility index (Phi) is 7.30. The summed E-state index contributed by atoms with van der Waals surface area (Å²) < 4.78 is 16.7. The Labute approximate surface area is 131 Å². The van der Waals surface area contributed by atoms with Crippen molar-refractivity contribution in [2.45, 2.75) is 31.9 Å². The van der Waals surface area contributed by atoms with Gasteiger partial charge in [0, 0.05) is 37.4 Å². The van der Waals surface area contributed by atoms with Gasteiger partial charge in [-0.1, -0.05) is 17.7 Å². The molecule has 0 spiro atoms. The van der Waals surface area contributed by atoms with Crippen LogP contribution in [0.4, 0.5) is 0 Å². The second-order valence-corrected chi connectivity index (χ2v) is 5.59. The SMILES string of the molecule is COCCNCc1c(Cl)cccc1OCC1CCCCO1. The molecule has 5 heteroatoms. The summed E-state index contributed by atoms with van der Waals surface area (Å²) >= 11 is 6.28. The van der Waals surface area contributed by atoms with Crippen molar-refractivity contribution in [3.8, 4) is 5.75 Å². The Morgan fingerprint density at radius 2 is 2.29 bits per heavy atom. The molecule has 0 amide bonds. The molecule has 1 aromatic rings. The van der Waals surface area contributed by atoms with Crippen molar-refractivity contribution in [2.75, 3.05) is 33.5 Å². The molecule has 0 bridgehead atoms. The van der Waals surface area contributed by atoms with Gasteiger partial charge in [-0.15, -0.1) is 0 Å². The van der Waals surface area contributed by atoms with Gasteiger partial charge in [0.25, 0.3) is 0 Å². The van der Waals surface area contributed by atoms with Crippen molar-refractivity contribution < 1.29 is 14.2 Å². The van der Waals surface area contributed by atoms with E-state index in [2.05, 4.69) is 5.32 Å². The Morgan fingerprint density at radius 3 is 3.05 bits per heavy atom. The van der Waals surface area contributed by atoms with Gasteiger partial charge in [-0.3, -0.25) is 0 Å². The standard InChI is InChI=1S/C16H24ClNO3/c1-19-10-8-18-11-14-15(17)6-4-7-16(14)21-12-13-5-2-3-9-20-13/h4,6-7,13,18H,2-3,5,8-12H2,1H3. The molecule has 0 aromatic heterocycles. The average Bonchev–Trinajstić information content (AvgIpc) is 2.52. The van der Waals surface area contributed by atoms with Gasteiger partial charge in [0.05, 0.1) is 12.7 Å². The molecule has 1 N–H and O–H groups in total. The monoisotopic (exact) mass is 313 g/mol. The first-order chi connectivity index (χ1) is 10.3. The minimum absolute atomic E-state index is 0.201. The van der Waals surface area contributed by atoms with Crippen molar-refractivity contribution in [2.24, 2.45) is 0 Å². The van der Waals surface area contributed by atoms with E-state index in [-0.39, 0.29) is 6.10 Å². The number of halogens is 1. The van der Waals surface area contributed by atoms with Crippen molar-refractivity contribution in [1.82, 2.24) is 5.32 Å². The van der Waals surface area contributed by atoms with Gasteiger partial charge in [-0.25, -0.2) is 0 Å². The van der Waals surface area contributed by atoms with Gasteiger partial charge in [-0.05, 0) is 31.4 Å². The molecule has 1 unspecified atom stereocenters. The van der Waals surface area contributed by atoms with Crippen LogP contribution in [0, 0.1) is 0 Å². The molecular formula is C16H24ClNO3. The smallest absolute Gasteiger partial charge is 0.125 e. The lowest BCUT2D eigenvalue weighted by Gasteiger charge is -2.23. The van der Waals surface area contributed by atoms with Crippen molar-refractivity contribution in [3.63, 3.8) is 0 Å². The molecule has 4 nitrogen and oxygen atoms in total. The molecule has 21 heavy (non-hydrogen) atoms. The fourth-order valence-corrected chi connectivity index (χ4v) is 2.59. The Balaban J connectivity index is 1.89. The van der Waals surface area contributed by atoms with Crippen molar-refractivity contribution in [3.05, 3.63) is 28.8 Å². The number of ether oxygens (including phenoxy) is 3. The molecule has 1 fully saturated rings. The molecule has 1 atom stereocenters. The third-order valence-electron chi connectivity index (χ3n) is 3.56. The normalized spacial score (nSPS) is 18.7. The molecular weight excluding hydrogens is 290 g/mol. The maximum absolute atomic E-state index is 6.28. The summed E-state index contributed by atoms with van der Waals surface area (Å²) in [4.78, 5) is 0. The topological polar surface area (TPSA) is 39.7 Å². The molecule has 0 aliphatic carbocycles. The quantitative estimate of drug-likeness (QED) is 0.749. The summed E-state index contributed by atoms with van der Waals surface area (Å²) in [6.07, 6.45) is 3.64. The first-order valence-electron chi connectivity index (χ1n) is 7.52. The van der Waals surface area contributed by atoms with Crippen LogP contribution in [-0.4, -0.2) is 39.6 Å². The van der Waals surface area contributed by atoms with Crippen LogP contribution in [0.1, 0.15) is 24.8 Å². The van der Waals surface area contributed by atoms with E-state index in [1.807, 2.05) is 18.2 Å². The lowest BCUT2D eigenvalue weighted by Crippen LogP contribution is -2.26. The second kappa shape index (κ2) is 9.26.